The lowest BCUT2D eigenvalue weighted by Gasteiger charge is -2.47. The number of hydrogen-bond acceptors (Lipinski definition) is 3. The molecule has 1 saturated carbocycles. The van der Waals surface area contributed by atoms with Crippen LogP contribution >= 0.6 is 0 Å². The molecular weight excluding hydrogens is 210 g/mol. The molecule has 2 aliphatic heterocycles. The molecule has 17 heavy (non-hydrogen) atoms. The van der Waals surface area contributed by atoms with E-state index in [0.29, 0.717) is 0 Å². The third-order valence-electron chi connectivity index (χ3n) is 5.19. The second kappa shape index (κ2) is 5.25. The average molecular weight is 237 g/mol. The van der Waals surface area contributed by atoms with Crippen LogP contribution < -0.4 is 5.32 Å². The molecule has 3 heteroatoms. The summed E-state index contributed by atoms with van der Waals surface area (Å²) < 4.78 is 0. The zero-order chi connectivity index (χ0) is 11.7. The van der Waals surface area contributed by atoms with Gasteiger partial charge in [-0.2, -0.15) is 0 Å². The van der Waals surface area contributed by atoms with E-state index in [2.05, 4.69) is 22.2 Å². The van der Waals surface area contributed by atoms with Crippen LogP contribution in [0.5, 0.6) is 0 Å². The Labute approximate surface area is 106 Å². The summed E-state index contributed by atoms with van der Waals surface area (Å²) in [6.45, 7) is 5.32. The molecule has 3 fully saturated rings. The quantitative estimate of drug-likeness (QED) is 0.781. The van der Waals surface area contributed by atoms with Gasteiger partial charge in [0, 0.05) is 37.8 Å². The smallest absolute Gasteiger partial charge is 0.0250 e. The normalized spacial score (nSPS) is 40.4. The summed E-state index contributed by atoms with van der Waals surface area (Å²) in [5, 5.41) is 3.53. The van der Waals surface area contributed by atoms with E-state index in [9.17, 15) is 0 Å². The first-order valence-corrected chi connectivity index (χ1v) is 7.54. The summed E-state index contributed by atoms with van der Waals surface area (Å²) >= 11 is 0. The molecule has 3 rings (SSSR count). The van der Waals surface area contributed by atoms with Gasteiger partial charge in [0.05, 0.1) is 0 Å². The van der Waals surface area contributed by atoms with E-state index in [0.717, 1.165) is 18.1 Å². The molecule has 0 spiro atoms. The van der Waals surface area contributed by atoms with Gasteiger partial charge < -0.3 is 5.32 Å². The molecule has 1 N–H and O–H groups in total. The van der Waals surface area contributed by atoms with Crippen molar-refractivity contribution in [3.63, 3.8) is 0 Å². The van der Waals surface area contributed by atoms with Crippen LogP contribution in [0.15, 0.2) is 0 Å². The lowest BCUT2D eigenvalue weighted by Crippen LogP contribution is -2.59. The Morgan fingerprint density at radius 3 is 2.65 bits per heavy atom. The summed E-state index contributed by atoms with van der Waals surface area (Å²) in [7, 11) is 2.14. The van der Waals surface area contributed by atoms with Gasteiger partial charge >= 0.3 is 0 Å². The standard InChI is InChI=1S/C14H27N3/c1-15-13-6-4-7-14(13)17-10-9-16-8-3-2-5-12(16)11-17/h12-15H,2-11H2,1H3. The Morgan fingerprint density at radius 1 is 0.882 bits per heavy atom. The molecule has 0 radical (unpaired) electrons. The van der Waals surface area contributed by atoms with E-state index in [1.807, 2.05) is 0 Å². The van der Waals surface area contributed by atoms with Crippen LogP contribution in [0.3, 0.4) is 0 Å². The van der Waals surface area contributed by atoms with Crippen LogP contribution in [-0.4, -0.2) is 61.2 Å². The van der Waals surface area contributed by atoms with Gasteiger partial charge in [-0.3, -0.25) is 9.80 Å². The molecule has 0 bridgehead atoms. The van der Waals surface area contributed by atoms with Gasteiger partial charge in [0.2, 0.25) is 0 Å². The highest BCUT2D eigenvalue weighted by Gasteiger charge is 2.36. The number of nitrogens with zero attached hydrogens (tertiary/aromatic N) is 2. The Morgan fingerprint density at radius 2 is 1.76 bits per heavy atom. The Balaban J connectivity index is 1.61. The Hall–Kier alpha value is -0.120. The topological polar surface area (TPSA) is 18.5 Å². The third-order valence-corrected chi connectivity index (χ3v) is 5.19. The van der Waals surface area contributed by atoms with Crippen LogP contribution in [0, 0.1) is 0 Å². The number of fused-ring (bicyclic) bond motifs is 1. The van der Waals surface area contributed by atoms with Crippen LogP contribution in [0.1, 0.15) is 38.5 Å². The summed E-state index contributed by atoms with van der Waals surface area (Å²) in [6.07, 6.45) is 8.53. The predicted molar refractivity (Wildman–Crippen MR) is 71.3 cm³/mol. The molecular formula is C14H27N3. The maximum absolute atomic E-state index is 3.53. The van der Waals surface area contributed by atoms with Crippen LogP contribution in [0.25, 0.3) is 0 Å². The Bertz CT molecular complexity index is 256. The van der Waals surface area contributed by atoms with Crippen molar-refractivity contribution in [2.75, 3.05) is 33.2 Å². The monoisotopic (exact) mass is 237 g/mol. The molecule has 3 atom stereocenters. The average Bonchev–Trinajstić information content (AvgIpc) is 2.86. The molecule has 2 saturated heterocycles. The van der Waals surface area contributed by atoms with Crippen LogP contribution in [0.2, 0.25) is 0 Å². The molecule has 98 valence electrons. The number of piperidine rings is 1. The zero-order valence-electron chi connectivity index (χ0n) is 11.2. The van der Waals surface area contributed by atoms with Crippen molar-refractivity contribution in [1.82, 2.24) is 15.1 Å². The summed E-state index contributed by atoms with van der Waals surface area (Å²) in [4.78, 5) is 5.53. The number of rotatable bonds is 2. The third kappa shape index (κ3) is 2.38. The van der Waals surface area contributed by atoms with Crippen LogP contribution in [0.4, 0.5) is 0 Å². The van der Waals surface area contributed by atoms with Gasteiger partial charge in [-0.25, -0.2) is 0 Å². The van der Waals surface area contributed by atoms with Gasteiger partial charge in [0.25, 0.3) is 0 Å². The van der Waals surface area contributed by atoms with E-state index in [1.165, 1.54) is 64.7 Å². The maximum atomic E-state index is 3.53. The van der Waals surface area contributed by atoms with Crippen molar-refractivity contribution < 1.29 is 0 Å². The van der Waals surface area contributed by atoms with Crippen LogP contribution in [-0.2, 0) is 0 Å². The maximum Gasteiger partial charge on any atom is 0.0250 e. The van der Waals surface area contributed by atoms with Gasteiger partial charge in [-0.1, -0.05) is 12.8 Å². The minimum absolute atomic E-state index is 0.755. The highest BCUT2D eigenvalue weighted by atomic mass is 15.3. The lowest BCUT2D eigenvalue weighted by molar-refractivity contribution is 0.0233. The highest BCUT2D eigenvalue weighted by molar-refractivity contribution is 4.94. The van der Waals surface area contributed by atoms with E-state index < -0.39 is 0 Å². The van der Waals surface area contributed by atoms with E-state index in [4.69, 9.17) is 0 Å². The minimum Gasteiger partial charge on any atom is -0.315 e. The number of nitrogens with one attached hydrogen (secondary N) is 1. The highest BCUT2D eigenvalue weighted by Crippen LogP contribution is 2.28. The molecule has 0 aromatic rings. The molecule has 0 aromatic heterocycles. The second-order valence-electron chi connectivity index (χ2n) is 6.07. The fourth-order valence-corrected chi connectivity index (χ4v) is 4.20. The van der Waals surface area contributed by atoms with Crippen molar-refractivity contribution in [3.05, 3.63) is 0 Å². The zero-order valence-corrected chi connectivity index (χ0v) is 11.2. The predicted octanol–water partition coefficient (Wildman–Crippen LogP) is 1.30. The van der Waals surface area contributed by atoms with Crippen molar-refractivity contribution in [1.29, 1.82) is 0 Å². The largest absolute Gasteiger partial charge is 0.315 e. The van der Waals surface area contributed by atoms with Crippen molar-refractivity contribution in [2.45, 2.75) is 56.7 Å². The van der Waals surface area contributed by atoms with E-state index >= 15 is 0 Å². The van der Waals surface area contributed by atoms with Crippen molar-refractivity contribution in [2.24, 2.45) is 0 Å². The van der Waals surface area contributed by atoms with Gasteiger partial charge in [0.15, 0.2) is 0 Å². The molecule has 3 nitrogen and oxygen atoms in total. The fourth-order valence-electron chi connectivity index (χ4n) is 4.20. The minimum atomic E-state index is 0.755. The second-order valence-corrected chi connectivity index (χ2v) is 6.07. The molecule has 3 unspecified atom stereocenters. The number of piperazine rings is 1. The van der Waals surface area contributed by atoms with Gasteiger partial charge in [0.1, 0.15) is 0 Å². The van der Waals surface area contributed by atoms with E-state index in [-0.39, 0.29) is 0 Å². The fraction of sp³-hybridized carbons (Fsp3) is 1.00. The first-order chi connectivity index (χ1) is 8.38. The lowest BCUT2D eigenvalue weighted by atomic mass is 9.97. The molecule has 3 aliphatic rings. The van der Waals surface area contributed by atoms with Crippen molar-refractivity contribution in [3.8, 4) is 0 Å². The molecule has 0 amide bonds. The van der Waals surface area contributed by atoms with E-state index in [1.54, 1.807) is 0 Å². The van der Waals surface area contributed by atoms with Gasteiger partial charge in [-0.15, -0.1) is 0 Å². The number of hydrogen-bond donors (Lipinski definition) is 1. The van der Waals surface area contributed by atoms with Gasteiger partial charge in [-0.05, 0) is 39.3 Å². The summed E-state index contributed by atoms with van der Waals surface area (Å²) in [6, 6.07) is 2.45. The summed E-state index contributed by atoms with van der Waals surface area (Å²) in [5.74, 6) is 0. The molecule has 1 aliphatic carbocycles. The number of likely N-dealkylation sites (N-methyl/N-ethyl adjacent to an activating group) is 1. The molecule has 2 heterocycles. The SMILES string of the molecule is CNC1CCCC1N1CCN2CCCCC2C1. The van der Waals surface area contributed by atoms with Crippen molar-refractivity contribution >= 4 is 0 Å². The molecule has 0 aromatic carbocycles. The Kier molecular flexibility index (Phi) is 3.69. The first kappa shape index (κ1) is 11.9. The first-order valence-electron chi connectivity index (χ1n) is 7.54. The summed E-state index contributed by atoms with van der Waals surface area (Å²) in [5.41, 5.74) is 0.